The van der Waals surface area contributed by atoms with Crippen LogP contribution in [0, 0.1) is 5.82 Å². The largest absolute Gasteiger partial charge is 0.491 e. The number of carbonyl (C=O) groups excluding carboxylic acids is 1. The summed E-state index contributed by atoms with van der Waals surface area (Å²) in [4.78, 5) is 22.0. The highest BCUT2D eigenvalue weighted by Gasteiger charge is 2.13. The zero-order chi connectivity index (χ0) is 16.4. The van der Waals surface area contributed by atoms with Crippen LogP contribution < -0.4 is 4.74 Å². The Morgan fingerprint density at radius 2 is 1.82 bits per heavy atom. The molecule has 0 aliphatic carbocycles. The second-order valence-electron chi connectivity index (χ2n) is 5.26. The smallest absolute Gasteiger partial charge is 0.311 e. The van der Waals surface area contributed by atoms with Crippen LogP contribution in [0.2, 0.25) is 0 Å². The van der Waals surface area contributed by atoms with Gasteiger partial charge in [-0.15, -0.1) is 0 Å². The first-order chi connectivity index (χ1) is 10.5. The quantitative estimate of drug-likeness (QED) is 0.377. The van der Waals surface area contributed by atoms with Crippen LogP contribution in [0.3, 0.4) is 0 Å². The van der Waals surface area contributed by atoms with Crippen molar-refractivity contribution < 1.29 is 23.8 Å². The van der Waals surface area contributed by atoms with Gasteiger partial charge in [-0.05, 0) is 24.6 Å². The molecule has 0 unspecified atom stereocenters. The molecule has 1 aromatic rings. The molecule has 122 valence electrons. The van der Waals surface area contributed by atoms with Crippen molar-refractivity contribution in [2.24, 2.45) is 0 Å². The molecule has 0 bridgehead atoms. The molecule has 0 fully saturated rings. The van der Waals surface area contributed by atoms with Crippen LogP contribution in [-0.2, 0) is 4.79 Å². The summed E-state index contributed by atoms with van der Waals surface area (Å²) in [7, 11) is 0. The molecule has 0 aromatic heterocycles. The van der Waals surface area contributed by atoms with Crippen molar-refractivity contribution in [3.05, 3.63) is 29.6 Å². The number of carbonyl (C=O) groups is 2. The van der Waals surface area contributed by atoms with Crippen molar-refractivity contribution in [2.75, 3.05) is 6.61 Å². The van der Waals surface area contributed by atoms with Crippen LogP contribution in [0.1, 0.15) is 62.2 Å². The number of unbranched alkanes of at least 4 members (excludes halogenated alkanes) is 5. The first-order valence-electron chi connectivity index (χ1n) is 7.72. The van der Waals surface area contributed by atoms with Crippen LogP contribution >= 0.6 is 0 Å². The van der Waals surface area contributed by atoms with Gasteiger partial charge in [0.2, 0.25) is 0 Å². The van der Waals surface area contributed by atoms with Gasteiger partial charge in [-0.3, -0.25) is 9.59 Å². The van der Waals surface area contributed by atoms with Crippen LogP contribution in [0.4, 0.5) is 4.39 Å². The van der Waals surface area contributed by atoms with E-state index in [0.29, 0.717) is 6.61 Å². The molecule has 0 atom stereocenters. The minimum atomic E-state index is -1.23. The molecule has 0 saturated carbocycles. The standard InChI is InChI=1S/C17H23FO4/c1-2-3-4-5-6-7-10-22-16-9-8-13(11-14(16)18)15(19)12-17(20)21/h8-9,11H,2-7,10,12H2,1H3,(H,20,21). The molecule has 0 aliphatic heterocycles. The molecule has 4 nitrogen and oxygen atoms in total. The van der Waals surface area contributed by atoms with E-state index in [1.54, 1.807) is 0 Å². The molecule has 0 spiro atoms. The molecule has 0 saturated heterocycles. The number of rotatable bonds is 11. The third-order valence-electron chi connectivity index (χ3n) is 3.32. The summed E-state index contributed by atoms with van der Waals surface area (Å²) in [5.41, 5.74) is 0.0480. The van der Waals surface area contributed by atoms with Crippen LogP contribution in [0.15, 0.2) is 18.2 Å². The van der Waals surface area contributed by atoms with Gasteiger partial charge in [0.1, 0.15) is 6.42 Å². The van der Waals surface area contributed by atoms with Crippen LogP contribution in [0.25, 0.3) is 0 Å². The molecule has 5 heteroatoms. The van der Waals surface area contributed by atoms with Crippen molar-refractivity contribution in [1.29, 1.82) is 0 Å². The minimum Gasteiger partial charge on any atom is -0.491 e. The predicted molar refractivity (Wildman–Crippen MR) is 81.9 cm³/mol. The van der Waals surface area contributed by atoms with E-state index >= 15 is 0 Å². The van der Waals surface area contributed by atoms with E-state index in [4.69, 9.17) is 9.84 Å². The zero-order valence-corrected chi connectivity index (χ0v) is 12.9. The molecule has 0 aliphatic rings. The van der Waals surface area contributed by atoms with Gasteiger partial charge in [-0.2, -0.15) is 0 Å². The van der Waals surface area contributed by atoms with Gasteiger partial charge in [0.05, 0.1) is 6.61 Å². The maximum Gasteiger partial charge on any atom is 0.311 e. The number of carboxylic acids is 1. The Morgan fingerprint density at radius 1 is 1.14 bits per heavy atom. The summed E-state index contributed by atoms with van der Waals surface area (Å²) in [6, 6.07) is 3.80. The molecule has 1 rings (SSSR count). The lowest BCUT2D eigenvalue weighted by atomic mass is 10.1. The lowest BCUT2D eigenvalue weighted by Gasteiger charge is -2.08. The number of hydrogen-bond acceptors (Lipinski definition) is 3. The number of carboxylic acid groups (broad SMARTS) is 1. The van der Waals surface area contributed by atoms with Gasteiger partial charge in [-0.25, -0.2) is 4.39 Å². The van der Waals surface area contributed by atoms with Crippen LogP contribution in [0.5, 0.6) is 5.75 Å². The summed E-state index contributed by atoms with van der Waals surface area (Å²) in [5.74, 6) is -2.38. The normalized spacial score (nSPS) is 10.5. The van der Waals surface area contributed by atoms with Crippen molar-refractivity contribution in [1.82, 2.24) is 0 Å². The number of Topliss-reactive ketones (excluding diaryl/α,β-unsaturated/α-hetero) is 1. The summed E-state index contributed by atoms with van der Waals surface area (Å²) < 4.78 is 19.2. The Balaban J connectivity index is 2.39. The molecular weight excluding hydrogens is 287 g/mol. The van der Waals surface area contributed by atoms with Gasteiger partial charge in [0.15, 0.2) is 17.3 Å². The first-order valence-corrected chi connectivity index (χ1v) is 7.72. The Morgan fingerprint density at radius 3 is 2.45 bits per heavy atom. The fourth-order valence-corrected chi connectivity index (χ4v) is 2.10. The van der Waals surface area contributed by atoms with E-state index in [0.717, 1.165) is 25.3 Å². The van der Waals surface area contributed by atoms with E-state index < -0.39 is 24.0 Å². The van der Waals surface area contributed by atoms with Crippen molar-refractivity contribution >= 4 is 11.8 Å². The highest BCUT2D eigenvalue weighted by atomic mass is 19.1. The maximum atomic E-state index is 13.8. The molecule has 1 N–H and O–H groups in total. The minimum absolute atomic E-state index is 0.0480. The lowest BCUT2D eigenvalue weighted by molar-refractivity contribution is -0.135. The average Bonchev–Trinajstić information content (AvgIpc) is 2.47. The predicted octanol–water partition coefficient (Wildman–Crippen LogP) is 4.22. The topological polar surface area (TPSA) is 63.6 Å². The zero-order valence-electron chi connectivity index (χ0n) is 12.9. The Kier molecular flexibility index (Phi) is 8.18. The SMILES string of the molecule is CCCCCCCCOc1ccc(C(=O)CC(=O)O)cc1F. The molecule has 22 heavy (non-hydrogen) atoms. The molecule has 0 heterocycles. The number of ketones is 1. The highest BCUT2D eigenvalue weighted by molar-refractivity contribution is 6.05. The summed E-state index contributed by atoms with van der Waals surface area (Å²) in [6.45, 7) is 2.60. The molecule has 0 radical (unpaired) electrons. The number of benzene rings is 1. The van der Waals surface area contributed by atoms with Gasteiger partial charge in [0.25, 0.3) is 0 Å². The first kappa shape index (κ1) is 18.1. The Bertz CT molecular complexity index is 499. The number of aliphatic carboxylic acids is 1. The van der Waals surface area contributed by atoms with E-state index in [9.17, 15) is 14.0 Å². The van der Waals surface area contributed by atoms with Gasteiger partial charge < -0.3 is 9.84 Å². The summed E-state index contributed by atoms with van der Waals surface area (Å²) in [5, 5.41) is 8.55. The number of hydrogen-bond donors (Lipinski definition) is 1. The van der Waals surface area contributed by atoms with Crippen molar-refractivity contribution in [3.63, 3.8) is 0 Å². The molecule has 1 aromatic carbocycles. The molecular formula is C17H23FO4. The number of ether oxygens (including phenoxy) is 1. The van der Waals surface area contributed by atoms with E-state index in [-0.39, 0.29) is 11.3 Å². The van der Waals surface area contributed by atoms with Gasteiger partial charge in [0, 0.05) is 5.56 Å². The number of halogens is 1. The second kappa shape index (κ2) is 9.92. The molecule has 0 amide bonds. The Labute approximate surface area is 130 Å². The van der Waals surface area contributed by atoms with Crippen molar-refractivity contribution in [2.45, 2.75) is 51.9 Å². The highest BCUT2D eigenvalue weighted by Crippen LogP contribution is 2.20. The fraction of sp³-hybridized carbons (Fsp3) is 0.529. The van der Waals surface area contributed by atoms with E-state index in [1.807, 2.05) is 0 Å². The summed E-state index contributed by atoms with van der Waals surface area (Å²) >= 11 is 0. The second-order valence-corrected chi connectivity index (χ2v) is 5.26. The lowest BCUT2D eigenvalue weighted by Crippen LogP contribution is -2.08. The summed E-state index contributed by atoms with van der Waals surface area (Å²) in [6.07, 6.45) is 6.08. The average molecular weight is 310 g/mol. The third kappa shape index (κ3) is 6.70. The van der Waals surface area contributed by atoms with E-state index in [1.165, 1.54) is 31.4 Å². The monoisotopic (exact) mass is 310 g/mol. The fourth-order valence-electron chi connectivity index (χ4n) is 2.10. The van der Waals surface area contributed by atoms with Crippen molar-refractivity contribution in [3.8, 4) is 5.75 Å². The van der Waals surface area contributed by atoms with E-state index in [2.05, 4.69) is 6.92 Å². The van der Waals surface area contributed by atoms with Crippen LogP contribution in [-0.4, -0.2) is 23.5 Å². The van der Waals surface area contributed by atoms with Gasteiger partial charge in [-0.1, -0.05) is 39.0 Å². The third-order valence-corrected chi connectivity index (χ3v) is 3.32. The maximum absolute atomic E-state index is 13.8. The Hall–Kier alpha value is -1.91. The van der Waals surface area contributed by atoms with Gasteiger partial charge >= 0.3 is 5.97 Å².